The minimum Gasteiger partial charge on any atom is -0.484 e. The third-order valence-electron chi connectivity index (χ3n) is 3.83. The predicted molar refractivity (Wildman–Crippen MR) is 88.0 cm³/mol. The van der Waals surface area contributed by atoms with Crippen molar-refractivity contribution in [2.45, 2.75) is 0 Å². The van der Waals surface area contributed by atoms with Crippen LogP contribution in [-0.4, -0.2) is 64.6 Å². The summed E-state index contributed by atoms with van der Waals surface area (Å²) in [7, 11) is 0. The Hall–Kier alpha value is -2.54. The molecule has 8 heteroatoms. The number of aromatic nitrogens is 2. The van der Waals surface area contributed by atoms with E-state index in [1.54, 1.807) is 46.3 Å². The van der Waals surface area contributed by atoms with Gasteiger partial charge >= 0.3 is 0 Å². The summed E-state index contributed by atoms with van der Waals surface area (Å²) in [5.74, 6) is 0.399. The molecule has 1 aliphatic rings. The molecule has 2 heterocycles. The highest BCUT2D eigenvalue weighted by molar-refractivity contribution is 6.30. The fraction of sp³-hybridized carbons (Fsp3) is 0.312. The molecule has 2 aromatic rings. The molecule has 1 N–H and O–H groups in total. The first kappa shape index (κ1) is 16.3. The van der Waals surface area contributed by atoms with Crippen molar-refractivity contribution in [3.05, 3.63) is 47.2 Å². The molecule has 0 spiro atoms. The number of aromatic amines is 1. The number of carbonyl (C=O) groups is 2. The molecule has 126 valence electrons. The van der Waals surface area contributed by atoms with E-state index in [0.717, 1.165) is 0 Å². The maximum absolute atomic E-state index is 12.2. The second-order valence-electron chi connectivity index (χ2n) is 5.39. The number of hydrogen-bond acceptors (Lipinski definition) is 4. The van der Waals surface area contributed by atoms with E-state index in [-0.39, 0.29) is 18.4 Å². The number of rotatable bonds is 4. The maximum Gasteiger partial charge on any atom is 0.271 e. The smallest absolute Gasteiger partial charge is 0.271 e. The predicted octanol–water partition coefficient (Wildman–Crippen LogP) is 1.43. The molecule has 1 aliphatic heterocycles. The first-order chi connectivity index (χ1) is 11.6. The molecule has 7 nitrogen and oxygen atoms in total. The summed E-state index contributed by atoms with van der Waals surface area (Å²) in [5, 5.41) is 7.05. The van der Waals surface area contributed by atoms with Crippen LogP contribution in [0, 0.1) is 0 Å². The lowest BCUT2D eigenvalue weighted by Gasteiger charge is -2.34. The van der Waals surface area contributed by atoms with Gasteiger partial charge in [-0.1, -0.05) is 11.6 Å². The van der Waals surface area contributed by atoms with Crippen molar-refractivity contribution in [2.24, 2.45) is 0 Å². The standard InChI is InChI=1S/C16H17ClN4O3/c17-12-1-3-13(4-2-12)24-11-15(22)20-7-9-21(10-8-20)16(23)14-5-6-18-19-14/h1-6H,7-11H2,(H,18,19). The second-order valence-corrected chi connectivity index (χ2v) is 5.82. The Morgan fingerprint density at radius 2 is 1.75 bits per heavy atom. The minimum atomic E-state index is -0.1000. The van der Waals surface area contributed by atoms with Gasteiger partial charge in [0.05, 0.1) is 0 Å². The van der Waals surface area contributed by atoms with E-state index in [1.165, 1.54) is 0 Å². The van der Waals surface area contributed by atoms with Gasteiger partial charge in [0.1, 0.15) is 11.4 Å². The first-order valence-corrected chi connectivity index (χ1v) is 7.96. The van der Waals surface area contributed by atoms with Crippen LogP contribution in [0.1, 0.15) is 10.5 Å². The summed E-state index contributed by atoms with van der Waals surface area (Å²) in [4.78, 5) is 27.8. The van der Waals surface area contributed by atoms with E-state index in [4.69, 9.17) is 16.3 Å². The zero-order valence-corrected chi connectivity index (χ0v) is 13.7. The first-order valence-electron chi connectivity index (χ1n) is 7.58. The summed E-state index contributed by atoms with van der Waals surface area (Å²) in [6.07, 6.45) is 1.54. The lowest BCUT2D eigenvalue weighted by atomic mass is 10.2. The Kier molecular flexibility index (Phi) is 5.00. The molecule has 2 amide bonds. The number of hydrogen-bond donors (Lipinski definition) is 1. The Balaban J connectivity index is 1.46. The molecule has 1 fully saturated rings. The van der Waals surface area contributed by atoms with Gasteiger partial charge in [-0.05, 0) is 30.3 Å². The van der Waals surface area contributed by atoms with E-state index < -0.39 is 0 Å². The molecule has 1 saturated heterocycles. The van der Waals surface area contributed by atoms with Crippen molar-refractivity contribution in [1.29, 1.82) is 0 Å². The average Bonchev–Trinajstić information content (AvgIpc) is 3.15. The number of nitrogens with zero attached hydrogens (tertiary/aromatic N) is 3. The van der Waals surface area contributed by atoms with E-state index in [2.05, 4.69) is 10.2 Å². The Morgan fingerprint density at radius 1 is 1.08 bits per heavy atom. The van der Waals surface area contributed by atoms with Crippen LogP contribution in [0.5, 0.6) is 5.75 Å². The van der Waals surface area contributed by atoms with Crippen LogP contribution in [-0.2, 0) is 4.79 Å². The quantitative estimate of drug-likeness (QED) is 0.906. The topological polar surface area (TPSA) is 78.5 Å². The zero-order valence-electron chi connectivity index (χ0n) is 12.9. The van der Waals surface area contributed by atoms with Gasteiger partial charge < -0.3 is 14.5 Å². The molecule has 24 heavy (non-hydrogen) atoms. The van der Waals surface area contributed by atoms with E-state index in [1.807, 2.05) is 0 Å². The Bertz CT molecular complexity index is 695. The SMILES string of the molecule is O=C(COc1ccc(Cl)cc1)N1CCN(C(=O)c2ccn[nH]2)CC1. The lowest BCUT2D eigenvalue weighted by Crippen LogP contribution is -2.51. The van der Waals surface area contributed by atoms with E-state index in [0.29, 0.717) is 42.6 Å². The molecule has 0 bridgehead atoms. The van der Waals surface area contributed by atoms with Gasteiger partial charge in [-0.3, -0.25) is 14.7 Å². The summed E-state index contributed by atoms with van der Waals surface area (Å²) >= 11 is 5.80. The Morgan fingerprint density at radius 3 is 2.38 bits per heavy atom. The summed E-state index contributed by atoms with van der Waals surface area (Å²) in [5.41, 5.74) is 0.459. The molecule has 0 unspecified atom stereocenters. The summed E-state index contributed by atoms with van der Waals surface area (Å²) in [6.45, 7) is 1.93. The highest BCUT2D eigenvalue weighted by atomic mass is 35.5. The molecule has 3 rings (SSSR count). The average molecular weight is 349 g/mol. The molecular formula is C16H17ClN4O3. The molecule has 1 aromatic carbocycles. The van der Waals surface area contributed by atoms with Crippen LogP contribution >= 0.6 is 11.6 Å². The number of benzene rings is 1. The van der Waals surface area contributed by atoms with E-state index in [9.17, 15) is 9.59 Å². The fourth-order valence-corrected chi connectivity index (χ4v) is 2.60. The molecule has 1 aromatic heterocycles. The monoisotopic (exact) mass is 348 g/mol. The summed E-state index contributed by atoms with van der Waals surface area (Å²) < 4.78 is 5.47. The van der Waals surface area contributed by atoms with Crippen LogP contribution in [0.2, 0.25) is 5.02 Å². The van der Waals surface area contributed by atoms with Gasteiger partial charge in [-0.15, -0.1) is 0 Å². The number of nitrogens with one attached hydrogen (secondary N) is 1. The van der Waals surface area contributed by atoms with Gasteiger partial charge in [0.25, 0.3) is 11.8 Å². The second kappa shape index (κ2) is 7.35. The largest absolute Gasteiger partial charge is 0.484 e. The van der Waals surface area contributed by atoms with Gasteiger partial charge in [0.2, 0.25) is 0 Å². The van der Waals surface area contributed by atoms with Crippen LogP contribution in [0.4, 0.5) is 0 Å². The number of ether oxygens (including phenoxy) is 1. The van der Waals surface area contributed by atoms with Crippen LogP contribution in [0.15, 0.2) is 36.5 Å². The molecule has 0 aliphatic carbocycles. The van der Waals surface area contributed by atoms with E-state index >= 15 is 0 Å². The van der Waals surface area contributed by atoms with Gasteiger partial charge in [0, 0.05) is 37.4 Å². The third kappa shape index (κ3) is 3.86. The minimum absolute atomic E-state index is 0.0316. The fourth-order valence-electron chi connectivity index (χ4n) is 2.47. The van der Waals surface area contributed by atoms with Crippen molar-refractivity contribution >= 4 is 23.4 Å². The van der Waals surface area contributed by atoms with Gasteiger partial charge in [-0.25, -0.2) is 0 Å². The molecule has 0 radical (unpaired) electrons. The Labute approximate surface area is 144 Å². The highest BCUT2D eigenvalue weighted by Gasteiger charge is 2.25. The number of carbonyl (C=O) groups excluding carboxylic acids is 2. The van der Waals surface area contributed by atoms with Crippen molar-refractivity contribution in [3.8, 4) is 5.75 Å². The normalized spacial score (nSPS) is 14.5. The lowest BCUT2D eigenvalue weighted by molar-refractivity contribution is -0.134. The molecule has 0 atom stereocenters. The van der Waals surface area contributed by atoms with Crippen molar-refractivity contribution in [3.63, 3.8) is 0 Å². The zero-order chi connectivity index (χ0) is 16.9. The maximum atomic E-state index is 12.2. The van der Waals surface area contributed by atoms with Gasteiger partial charge in [-0.2, -0.15) is 5.10 Å². The van der Waals surface area contributed by atoms with Crippen LogP contribution in [0.25, 0.3) is 0 Å². The van der Waals surface area contributed by atoms with Crippen molar-refractivity contribution < 1.29 is 14.3 Å². The number of amides is 2. The number of H-pyrrole nitrogens is 1. The number of piperazine rings is 1. The molecule has 0 saturated carbocycles. The third-order valence-corrected chi connectivity index (χ3v) is 4.08. The summed E-state index contributed by atoms with van der Waals surface area (Å²) in [6, 6.07) is 8.50. The van der Waals surface area contributed by atoms with Crippen LogP contribution in [0.3, 0.4) is 0 Å². The highest BCUT2D eigenvalue weighted by Crippen LogP contribution is 2.15. The van der Waals surface area contributed by atoms with Crippen LogP contribution < -0.4 is 4.74 Å². The van der Waals surface area contributed by atoms with Gasteiger partial charge in [0.15, 0.2) is 6.61 Å². The molecular weight excluding hydrogens is 332 g/mol. The van der Waals surface area contributed by atoms with Crippen molar-refractivity contribution in [2.75, 3.05) is 32.8 Å². The van der Waals surface area contributed by atoms with Crippen molar-refractivity contribution in [1.82, 2.24) is 20.0 Å². The number of halogens is 1.